The van der Waals surface area contributed by atoms with E-state index in [2.05, 4.69) is 43.1 Å². The number of hydrogen-bond acceptors (Lipinski definition) is 1. The normalized spacial score (nSPS) is 19.9. The molecule has 0 aromatic heterocycles. The van der Waals surface area contributed by atoms with Gasteiger partial charge in [-0.2, -0.15) is 0 Å². The molecule has 1 aromatic carbocycles. The van der Waals surface area contributed by atoms with Crippen molar-refractivity contribution in [3.63, 3.8) is 0 Å². The van der Waals surface area contributed by atoms with E-state index in [-0.39, 0.29) is 0 Å². The highest BCUT2D eigenvalue weighted by Gasteiger charge is 2.18. The lowest BCUT2D eigenvalue weighted by Gasteiger charge is -2.26. The minimum Gasteiger partial charge on any atom is -0.305 e. The van der Waals surface area contributed by atoms with Gasteiger partial charge < -0.3 is 5.32 Å². The van der Waals surface area contributed by atoms with Gasteiger partial charge in [-0.05, 0) is 24.0 Å². The molecule has 1 nitrogen and oxygen atoms in total. The second-order valence-electron chi connectivity index (χ2n) is 4.32. The fraction of sp³-hybridized carbons (Fsp3) is 0.500. The molecule has 1 heteroatoms. The van der Waals surface area contributed by atoms with E-state index in [1.807, 2.05) is 0 Å². The van der Waals surface area contributed by atoms with Crippen LogP contribution in [-0.2, 0) is 6.42 Å². The maximum atomic E-state index is 3.51. The zero-order valence-corrected chi connectivity index (χ0v) is 9.50. The Kier molecular flexibility index (Phi) is 3.79. The van der Waals surface area contributed by atoms with Crippen LogP contribution in [0.15, 0.2) is 24.3 Å². The van der Waals surface area contributed by atoms with Crippen LogP contribution in [0.1, 0.15) is 49.8 Å². The first-order valence-corrected chi connectivity index (χ1v) is 6.07. The van der Waals surface area contributed by atoms with Crippen LogP contribution in [0.4, 0.5) is 0 Å². The molecule has 1 aromatic rings. The third-order valence-electron chi connectivity index (χ3n) is 3.17. The molecule has 0 fully saturated rings. The molecular weight excluding hydrogens is 182 g/mol. The van der Waals surface area contributed by atoms with E-state index in [4.69, 9.17) is 0 Å². The SMILES string of the molecule is CCCCCC1N[CH]Cc2ccccc21. The summed E-state index contributed by atoms with van der Waals surface area (Å²) in [7, 11) is 0. The molecule has 15 heavy (non-hydrogen) atoms. The molecule has 1 radical (unpaired) electrons. The van der Waals surface area contributed by atoms with E-state index in [1.165, 1.54) is 36.8 Å². The van der Waals surface area contributed by atoms with Gasteiger partial charge in [0.2, 0.25) is 0 Å². The van der Waals surface area contributed by atoms with Crippen LogP contribution in [0.2, 0.25) is 0 Å². The number of hydrogen-bond donors (Lipinski definition) is 1. The van der Waals surface area contributed by atoms with Gasteiger partial charge in [-0.25, -0.2) is 0 Å². The highest BCUT2D eigenvalue weighted by molar-refractivity contribution is 5.33. The molecule has 0 saturated carbocycles. The topological polar surface area (TPSA) is 12.0 Å². The van der Waals surface area contributed by atoms with E-state index in [1.54, 1.807) is 0 Å². The first-order valence-electron chi connectivity index (χ1n) is 6.07. The molecule has 2 rings (SSSR count). The third kappa shape index (κ3) is 2.60. The number of nitrogens with one attached hydrogen (secondary N) is 1. The predicted molar refractivity (Wildman–Crippen MR) is 64.5 cm³/mol. The fourth-order valence-electron chi connectivity index (χ4n) is 2.30. The number of unbranched alkanes of at least 4 members (excludes halogenated alkanes) is 2. The number of fused-ring (bicyclic) bond motifs is 1. The van der Waals surface area contributed by atoms with Crippen molar-refractivity contribution in [2.24, 2.45) is 0 Å². The summed E-state index contributed by atoms with van der Waals surface area (Å²) in [5.41, 5.74) is 3.01. The minimum atomic E-state index is 0.557. The maximum Gasteiger partial charge on any atom is 0.0326 e. The summed E-state index contributed by atoms with van der Waals surface area (Å²) < 4.78 is 0. The smallest absolute Gasteiger partial charge is 0.0326 e. The van der Waals surface area contributed by atoms with Crippen LogP contribution in [0.3, 0.4) is 0 Å². The summed E-state index contributed by atoms with van der Waals surface area (Å²) in [5, 5.41) is 3.51. The molecule has 81 valence electrons. The zero-order valence-electron chi connectivity index (χ0n) is 9.50. The summed E-state index contributed by atoms with van der Waals surface area (Å²) in [4.78, 5) is 0. The minimum absolute atomic E-state index is 0.557. The molecule has 1 heterocycles. The van der Waals surface area contributed by atoms with Gasteiger partial charge in [-0.3, -0.25) is 0 Å². The van der Waals surface area contributed by atoms with Crippen LogP contribution in [0.25, 0.3) is 0 Å². The second-order valence-corrected chi connectivity index (χ2v) is 4.32. The van der Waals surface area contributed by atoms with Gasteiger partial charge in [0.1, 0.15) is 0 Å². The van der Waals surface area contributed by atoms with Gasteiger partial charge in [0.05, 0.1) is 0 Å². The van der Waals surface area contributed by atoms with E-state index >= 15 is 0 Å². The number of benzene rings is 1. The van der Waals surface area contributed by atoms with E-state index in [0.29, 0.717) is 6.04 Å². The van der Waals surface area contributed by atoms with Crippen LogP contribution in [-0.4, -0.2) is 0 Å². The highest BCUT2D eigenvalue weighted by atomic mass is 14.9. The quantitative estimate of drug-likeness (QED) is 0.735. The average Bonchev–Trinajstić information content (AvgIpc) is 2.30. The monoisotopic (exact) mass is 202 g/mol. The van der Waals surface area contributed by atoms with Gasteiger partial charge in [0.15, 0.2) is 0 Å². The van der Waals surface area contributed by atoms with Crippen LogP contribution in [0, 0.1) is 6.54 Å². The van der Waals surface area contributed by atoms with Crippen molar-refractivity contribution >= 4 is 0 Å². The third-order valence-corrected chi connectivity index (χ3v) is 3.17. The van der Waals surface area contributed by atoms with Crippen LogP contribution in [0.5, 0.6) is 0 Å². The second kappa shape index (κ2) is 5.32. The number of rotatable bonds is 4. The van der Waals surface area contributed by atoms with Gasteiger partial charge in [-0.1, -0.05) is 50.5 Å². The summed E-state index contributed by atoms with van der Waals surface area (Å²) in [6.45, 7) is 4.47. The lowest BCUT2D eigenvalue weighted by atomic mass is 9.91. The Balaban J connectivity index is 2.02. The molecule has 1 aliphatic heterocycles. The van der Waals surface area contributed by atoms with Gasteiger partial charge in [-0.15, -0.1) is 0 Å². The molecule has 1 N–H and O–H groups in total. The maximum absolute atomic E-state index is 3.51. The van der Waals surface area contributed by atoms with Crippen molar-refractivity contribution < 1.29 is 0 Å². The lowest BCUT2D eigenvalue weighted by molar-refractivity contribution is 0.488. The predicted octanol–water partition coefficient (Wildman–Crippen LogP) is 3.62. The lowest BCUT2D eigenvalue weighted by Crippen LogP contribution is -2.25. The fourth-order valence-corrected chi connectivity index (χ4v) is 2.30. The Morgan fingerprint density at radius 1 is 1.27 bits per heavy atom. The Labute approximate surface area is 92.9 Å². The van der Waals surface area contributed by atoms with Gasteiger partial charge in [0, 0.05) is 12.6 Å². The van der Waals surface area contributed by atoms with E-state index in [0.717, 1.165) is 6.42 Å². The Bertz CT molecular complexity index is 306. The zero-order chi connectivity index (χ0) is 10.5. The van der Waals surface area contributed by atoms with Crippen LogP contribution < -0.4 is 5.32 Å². The standard InChI is InChI=1S/C14H20N/c1-2-3-4-9-14-13-8-6-5-7-12(13)10-11-15-14/h5-8,11,14-15H,2-4,9-10H2,1H3. The molecule has 1 atom stereocenters. The van der Waals surface area contributed by atoms with Crippen molar-refractivity contribution in [1.29, 1.82) is 0 Å². The van der Waals surface area contributed by atoms with E-state index in [9.17, 15) is 0 Å². The molecule has 0 bridgehead atoms. The summed E-state index contributed by atoms with van der Waals surface area (Å²) in [5.74, 6) is 0. The summed E-state index contributed by atoms with van der Waals surface area (Å²) in [6, 6.07) is 9.37. The molecule has 0 spiro atoms. The molecule has 0 saturated heterocycles. The van der Waals surface area contributed by atoms with Crippen LogP contribution >= 0.6 is 0 Å². The van der Waals surface area contributed by atoms with Gasteiger partial charge >= 0.3 is 0 Å². The average molecular weight is 202 g/mol. The first-order chi connectivity index (χ1) is 7.42. The van der Waals surface area contributed by atoms with Gasteiger partial charge in [0.25, 0.3) is 0 Å². The molecule has 1 aliphatic rings. The van der Waals surface area contributed by atoms with E-state index < -0.39 is 0 Å². The van der Waals surface area contributed by atoms with Crippen molar-refractivity contribution in [3.8, 4) is 0 Å². The Morgan fingerprint density at radius 3 is 3.00 bits per heavy atom. The highest BCUT2D eigenvalue weighted by Crippen LogP contribution is 2.27. The molecular formula is C14H20N. The van der Waals surface area contributed by atoms with Crippen molar-refractivity contribution in [1.82, 2.24) is 5.32 Å². The van der Waals surface area contributed by atoms with Crippen molar-refractivity contribution in [2.75, 3.05) is 0 Å². The summed E-state index contributed by atoms with van der Waals surface area (Å²) >= 11 is 0. The summed E-state index contributed by atoms with van der Waals surface area (Å²) in [6.07, 6.45) is 6.32. The molecule has 1 unspecified atom stereocenters. The molecule has 0 aliphatic carbocycles. The Morgan fingerprint density at radius 2 is 2.13 bits per heavy atom. The largest absolute Gasteiger partial charge is 0.305 e. The van der Waals surface area contributed by atoms with Crippen molar-refractivity contribution in [2.45, 2.75) is 45.1 Å². The molecule has 0 amide bonds. The Hall–Kier alpha value is -0.820. The first kappa shape index (κ1) is 10.7. The van der Waals surface area contributed by atoms with Crippen molar-refractivity contribution in [3.05, 3.63) is 41.9 Å².